The molecule has 2 N–H and O–H groups in total. The summed E-state index contributed by atoms with van der Waals surface area (Å²) in [7, 11) is 5.74. The Morgan fingerprint density at radius 3 is 2.67 bits per heavy atom. The highest BCUT2D eigenvalue weighted by molar-refractivity contribution is 5.64. The van der Waals surface area contributed by atoms with E-state index < -0.39 is 5.54 Å². The Labute approximate surface area is 143 Å². The second-order valence-electron chi connectivity index (χ2n) is 6.29. The molecule has 2 aromatic rings. The number of allylic oxidation sites excluding steroid dienone is 2. The number of nitrogens with zero attached hydrogens (tertiary/aromatic N) is 2. The molecular weight excluding hydrogens is 298 g/mol. The number of ether oxygens (including phenoxy) is 1. The molecule has 0 spiro atoms. The van der Waals surface area contributed by atoms with Gasteiger partial charge in [0.1, 0.15) is 5.75 Å². The van der Waals surface area contributed by atoms with E-state index in [9.17, 15) is 0 Å². The summed E-state index contributed by atoms with van der Waals surface area (Å²) in [5.41, 5.74) is 10.2. The van der Waals surface area contributed by atoms with E-state index in [1.165, 1.54) is 5.70 Å². The van der Waals surface area contributed by atoms with E-state index in [1.807, 2.05) is 62.8 Å². The Morgan fingerprint density at radius 2 is 2.00 bits per heavy atom. The van der Waals surface area contributed by atoms with Crippen LogP contribution in [0.4, 0.5) is 0 Å². The largest absolute Gasteiger partial charge is 0.497 e. The standard InChI is InChI=1S/C20H23N3O/c1-23(2)17-7-5-11-20(21,13-17)19-10-9-16(14-22-19)15-6-4-8-18(12-15)24-3/h4-12,14H,13,21H2,1-3H3. The van der Waals surface area contributed by atoms with Crippen LogP contribution in [-0.4, -0.2) is 31.1 Å². The zero-order valence-electron chi connectivity index (χ0n) is 14.4. The third kappa shape index (κ3) is 3.19. The Kier molecular flexibility index (Phi) is 4.40. The first-order valence-corrected chi connectivity index (χ1v) is 7.97. The summed E-state index contributed by atoms with van der Waals surface area (Å²) in [6, 6.07) is 12.0. The number of hydrogen-bond acceptors (Lipinski definition) is 4. The number of aromatic nitrogens is 1. The van der Waals surface area contributed by atoms with Crippen LogP contribution in [0, 0.1) is 0 Å². The molecule has 3 rings (SSSR count). The van der Waals surface area contributed by atoms with Gasteiger partial charge in [-0.3, -0.25) is 4.98 Å². The maximum absolute atomic E-state index is 6.61. The molecule has 1 aromatic heterocycles. The average Bonchev–Trinajstić information content (AvgIpc) is 2.62. The normalized spacial score (nSPS) is 19.8. The molecule has 0 aliphatic heterocycles. The lowest BCUT2D eigenvalue weighted by molar-refractivity contribution is 0.415. The van der Waals surface area contributed by atoms with E-state index in [0.717, 1.165) is 29.0 Å². The smallest absolute Gasteiger partial charge is 0.119 e. The highest BCUT2D eigenvalue weighted by Gasteiger charge is 2.29. The van der Waals surface area contributed by atoms with Crippen molar-refractivity contribution < 1.29 is 4.74 Å². The van der Waals surface area contributed by atoms with Crippen LogP contribution >= 0.6 is 0 Å². The molecule has 1 heterocycles. The fourth-order valence-corrected chi connectivity index (χ4v) is 2.87. The minimum atomic E-state index is -0.568. The minimum absolute atomic E-state index is 0.568. The summed E-state index contributed by atoms with van der Waals surface area (Å²) in [6.07, 6.45) is 8.74. The second kappa shape index (κ2) is 6.49. The maximum atomic E-state index is 6.61. The predicted octanol–water partition coefficient (Wildman–Crippen LogP) is 3.32. The van der Waals surface area contributed by atoms with Crippen LogP contribution in [0.3, 0.4) is 0 Å². The van der Waals surface area contributed by atoms with E-state index in [2.05, 4.69) is 22.0 Å². The van der Waals surface area contributed by atoms with Crippen LogP contribution in [0.2, 0.25) is 0 Å². The predicted molar refractivity (Wildman–Crippen MR) is 97.6 cm³/mol. The fourth-order valence-electron chi connectivity index (χ4n) is 2.87. The summed E-state index contributed by atoms with van der Waals surface area (Å²) in [5, 5.41) is 0. The lowest BCUT2D eigenvalue weighted by Crippen LogP contribution is -2.38. The molecular formula is C20H23N3O. The van der Waals surface area contributed by atoms with Gasteiger partial charge in [0.05, 0.1) is 18.3 Å². The molecule has 4 nitrogen and oxygen atoms in total. The van der Waals surface area contributed by atoms with Gasteiger partial charge < -0.3 is 15.4 Å². The monoisotopic (exact) mass is 321 g/mol. The number of methoxy groups -OCH3 is 1. The zero-order chi connectivity index (χ0) is 17.2. The third-order valence-corrected chi connectivity index (χ3v) is 4.37. The quantitative estimate of drug-likeness (QED) is 0.938. The van der Waals surface area contributed by atoms with E-state index in [1.54, 1.807) is 7.11 Å². The highest BCUT2D eigenvalue weighted by atomic mass is 16.5. The molecule has 1 aliphatic rings. The van der Waals surface area contributed by atoms with Crippen molar-refractivity contribution in [2.45, 2.75) is 12.0 Å². The van der Waals surface area contributed by atoms with Crippen molar-refractivity contribution in [2.24, 2.45) is 5.73 Å². The summed E-state index contributed by atoms with van der Waals surface area (Å²) < 4.78 is 5.29. The Morgan fingerprint density at radius 1 is 1.17 bits per heavy atom. The van der Waals surface area contributed by atoms with Crippen molar-refractivity contribution in [3.05, 3.63) is 72.2 Å². The van der Waals surface area contributed by atoms with Gasteiger partial charge in [-0.2, -0.15) is 0 Å². The Hall–Kier alpha value is -2.59. The first-order chi connectivity index (χ1) is 11.5. The van der Waals surface area contributed by atoms with Crippen LogP contribution in [0.25, 0.3) is 11.1 Å². The maximum Gasteiger partial charge on any atom is 0.119 e. The van der Waals surface area contributed by atoms with Crippen molar-refractivity contribution in [3.8, 4) is 16.9 Å². The van der Waals surface area contributed by atoms with Gasteiger partial charge in [-0.05, 0) is 29.8 Å². The topological polar surface area (TPSA) is 51.4 Å². The van der Waals surface area contributed by atoms with Crippen molar-refractivity contribution in [3.63, 3.8) is 0 Å². The highest BCUT2D eigenvalue weighted by Crippen LogP contribution is 2.31. The van der Waals surface area contributed by atoms with Crippen LogP contribution in [0.1, 0.15) is 12.1 Å². The van der Waals surface area contributed by atoms with E-state index >= 15 is 0 Å². The first-order valence-electron chi connectivity index (χ1n) is 7.97. The molecule has 24 heavy (non-hydrogen) atoms. The number of hydrogen-bond donors (Lipinski definition) is 1. The van der Waals surface area contributed by atoms with Gasteiger partial charge in [-0.25, -0.2) is 0 Å². The fraction of sp³-hybridized carbons (Fsp3) is 0.250. The molecule has 4 heteroatoms. The Bertz CT molecular complexity index is 778. The number of pyridine rings is 1. The van der Waals surface area contributed by atoms with Crippen molar-refractivity contribution in [1.82, 2.24) is 9.88 Å². The van der Waals surface area contributed by atoms with E-state index in [-0.39, 0.29) is 0 Å². The second-order valence-corrected chi connectivity index (χ2v) is 6.29. The van der Waals surface area contributed by atoms with Gasteiger partial charge in [0, 0.05) is 38.0 Å². The van der Waals surface area contributed by atoms with Gasteiger partial charge >= 0.3 is 0 Å². The molecule has 0 fully saturated rings. The first kappa shape index (κ1) is 16.3. The molecule has 1 atom stereocenters. The van der Waals surface area contributed by atoms with Crippen molar-refractivity contribution in [1.29, 1.82) is 0 Å². The molecule has 1 aliphatic carbocycles. The minimum Gasteiger partial charge on any atom is -0.497 e. The van der Waals surface area contributed by atoms with Crippen molar-refractivity contribution in [2.75, 3.05) is 21.2 Å². The lowest BCUT2D eigenvalue weighted by Gasteiger charge is -2.32. The summed E-state index contributed by atoms with van der Waals surface area (Å²) >= 11 is 0. The zero-order valence-corrected chi connectivity index (χ0v) is 14.4. The number of rotatable bonds is 4. The summed E-state index contributed by atoms with van der Waals surface area (Å²) in [5.74, 6) is 0.836. The van der Waals surface area contributed by atoms with Gasteiger partial charge in [0.2, 0.25) is 0 Å². The van der Waals surface area contributed by atoms with E-state index in [4.69, 9.17) is 10.5 Å². The Balaban J connectivity index is 1.87. The summed E-state index contributed by atoms with van der Waals surface area (Å²) in [4.78, 5) is 6.73. The average molecular weight is 321 g/mol. The molecule has 0 amide bonds. The molecule has 0 saturated carbocycles. The van der Waals surface area contributed by atoms with Gasteiger partial charge in [-0.15, -0.1) is 0 Å². The molecule has 0 radical (unpaired) electrons. The molecule has 0 bridgehead atoms. The number of nitrogens with two attached hydrogens (primary N) is 1. The molecule has 1 aromatic carbocycles. The summed E-state index contributed by atoms with van der Waals surface area (Å²) in [6.45, 7) is 0. The van der Waals surface area contributed by atoms with Crippen LogP contribution < -0.4 is 10.5 Å². The van der Waals surface area contributed by atoms with E-state index in [0.29, 0.717) is 0 Å². The van der Waals surface area contributed by atoms with Crippen LogP contribution in [-0.2, 0) is 5.54 Å². The van der Waals surface area contributed by atoms with Gasteiger partial charge in [0.25, 0.3) is 0 Å². The van der Waals surface area contributed by atoms with Gasteiger partial charge in [-0.1, -0.05) is 30.4 Å². The van der Waals surface area contributed by atoms with Gasteiger partial charge in [0.15, 0.2) is 0 Å². The lowest BCUT2D eigenvalue weighted by atomic mass is 9.86. The molecule has 1 unspecified atom stereocenters. The van der Waals surface area contributed by atoms with Crippen LogP contribution in [0.5, 0.6) is 5.75 Å². The van der Waals surface area contributed by atoms with Crippen molar-refractivity contribution >= 4 is 0 Å². The molecule has 124 valence electrons. The SMILES string of the molecule is COc1cccc(-c2ccc(C3(N)C=CC=C(N(C)C)C3)nc2)c1. The third-order valence-electron chi connectivity index (χ3n) is 4.37. The number of benzene rings is 1. The molecule has 0 saturated heterocycles. The van der Waals surface area contributed by atoms with Crippen LogP contribution in [0.15, 0.2) is 66.5 Å².